The third kappa shape index (κ3) is 21.6. The van der Waals surface area contributed by atoms with E-state index in [1.807, 2.05) is 0 Å². The van der Waals surface area contributed by atoms with Crippen molar-refractivity contribution in [3.8, 4) is 0 Å². The summed E-state index contributed by atoms with van der Waals surface area (Å²) >= 11 is 0. The molecule has 0 aliphatic heterocycles. The Morgan fingerprint density at radius 3 is 1.48 bits per heavy atom. The Bertz CT molecular complexity index is 361. The fraction of sp³-hybridized carbons (Fsp3) is 0.895. The van der Waals surface area contributed by atoms with Crippen LogP contribution < -0.4 is 0 Å². The summed E-state index contributed by atoms with van der Waals surface area (Å²) in [6, 6.07) is 0. The fourth-order valence-electron chi connectivity index (χ4n) is 2.71. The van der Waals surface area contributed by atoms with E-state index in [-0.39, 0.29) is 5.75 Å². The lowest BCUT2D eigenvalue weighted by atomic mass is 10.1. The van der Waals surface area contributed by atoms with E-state index in [2.05, 4.69) is 19.1 Å². The molecule has 0 spiro atoms. The molecule has 0 atom stereocenters. The van der Waals surface area contributed by atoms with Crippen molar-refractivity contribution in [3.63, 3.8) is 0 Å². The highest BCUT2D eigenvalue weighted by Crippen LogP contribution is 2.10. The fourth-order valence-corrected chi connectivity index (χ4v) is 3.28. The van der Waals surface area contributed by atoms with Crippen LogP contribution in [0.2, 0.25) is 0 Å². The SMILES string of the molecule is CCCCCCCCC=CCCCCCCCCCS(=O)(=O)O. The molecule has 0 saturated heterocycles. The molecule has 0 aromatic carbocycles. The van der Waals surface area contributed by atoms with Gasteiger partial charge in [0, 0.05) is 0 Å². The summed E-state index contributed by atoms with van der Waals surface area (Å²) in [7, 11) is -3.75. The van der Waals surface area contributed by atoms with Gasteiger partial charge in [-0.2, -0.15) is 8.42 Å². The lowest BCUT2D eigenvalue weighted by Gasteiger charge is -2.01. The van der Waals surface area contributed by atoms with Crippen LogP contribution in [0.1, 0.15) is 103 Å². The van der Waals surface area contributed by atoms with Gasteiger partial charge in [0.05, 0.1) is 5.75 Å². The Balaban J connectivity index is 3.13. The van der Waals surface area contributed by atoms with Crippen molar-refractivity contribution in [2.45, 2.75) is 103 Å². The first-order valence-corrected chi connectivity index (χ1v) is 11.3. The maximum Gasteiger partial charge on any atom is 0.264 e. The van der Waals surface area contributed by atoms with E-state index in [0.717, 1.165) is 12.8 Å². The van der Waals surface area contributed by atoms with Crippen LogP contribution in [0.5, 0.6) is 0 Å². The summed E-state index contributed by atoms with van der Waals surface area (Å²) < 4.78 is 29.7. The first-order valence-electron chi connectivity index (χ1n) is 9.66. The van der Waals surface area contributed by atoms with E-state index in [1.54, 1.807) is 0 Å². The van der Waals surface area contributed by atoms with Crippen LogP contribution >= 0.6 is 0 Å². The second-order valence-corrected chi connectivity index (χ2v) is 8.15. The van der Waals surface area contributed by atoms with Crippen molar-refractivity contribution in [1.29, 1.82) is 0 Å². The van der Waals surface area contributed by atoms with Crippen LogP contribution in [0.4, 0.5) is 0 Å². The van der Waals surface area contributed by atoms with E-state index in [9.17, 15) is 8.42 Å². The minimum absolute atomic E-state index is 0.0869. The van der Waals surface area contributed by atoms with Crippen molar-refractivity contribution in [1.82, 2.24) is 0 Å². The predicted octanol–water partition coefficient (Wildman–Crippen LogP) is 6.30. The Labute approximate surface area is 144 Å². The first kappa shape index (κ1) is 22.6. The van der Waals surface area contributed by atoms with Gasteiger partial charge in [-0.3, -0.25) is 4.55 Å². The molecular formula is C19H38O3S. The van der Waals surface area contributed by atoms with Gasteiger partial charge in [-0.15, -0.1) is 0 Å². The van der Waals surface area contributed by atoms with E-state index in [4.69, 9.17) is 4.55 Å². The molecule has 0 fully saturated rings. The minimum atomic E-state index is -3.75. The van der Waals surface area contributed by atoms with E-state index >= 15 is 0 Å². The highest BCUT2D eigenvalue weighted by Gasteiger charge is 2.02. The summed E-state index contributed by atoms with van der Waals surface area (Å²) in [5.74, 6) is -0.0869. The number of allylic oxidation sites excluding steroid dienone is 2. The molecule has 23 heavy (non-hydrogen) atoms. The van der Waals surface area contributed by atoms with Gasteiger partial charge in [0.2, 0.25) is 0 Å². The van der Waals surface area contributed by atoms with Gasteiger partial charge in [-0.1, -0.05) is 83.3 Å². The zero-order valence-electron chi connectivity index (χ0n) is 15.1. The molecule has 0 heterocycles. The molecule has 138 valence electrons. The Hall–Kier alpha value is -0.350. The molecule has 0 aromatic heterocycles. The smallest absolute Gasteiger partial charge is 0.264 e. The summed E-state index contributed by atoms with van der Waals surface area (Å²) in [6.45, 7) is 2.26. The van der Waals surface area contributed by atoms with Gasteiger partial charge in [0.1, 0.15) is 0 Å². The van der Waals surface area contributed by atoms with Gasteiger partial charge in [-0.25, -0.2) is 0 Å². The maximum absolute atomic E-state index is 10.5. The number of unbranched alkanes of at least 4 members (excludes halogenated alkanes) is 13. The molecule has 0 amide bonds. The highest BCUT2D eigenvalue weighted by atomic mass is 32.2. The van der Waals surface area contributed by atoms with E-state index < -0.39 is 10.1 Å². The quantitative estimate of drug-likeness (QED) is 0.191. The van der Waals surface area contributed by atoms with Crippen LogP contribution in [-0.4, -0.2) is 18.7 Å². The Kier molecular flexibility index (Phi) is 16.3. The standard InChI is InChI=1S/C19H38O3S/c1-2-3-4-5-6-7-8-9-10-11-12-13-14-15-16-17-18-19-23(20,21)22/h9-10H,2-8,11-19H2,1H3,(H,20,21,22). The Morgan fingerprint density at radius 2 is 1.04 bits per heavy atom. The molecule has 4 heteroatoms. The van der Waals surface area contributed by atoms with E-state index in [1.165, 1.54) is 77.0 Å². The average molecular weight is 347 g/mol. The van der Waals surface area contributed by atoms with Crippen molar-refractivity contribution >= 4 is 10.1 Å². The minimum Gasteiger partial charge on any atom is -0.286 e. The third-order valence-electron chi connectivity index (χ3n) is 4.16. The monoisotopic (exact) mass is 346 g/mol. The van der Waals surface area contributed by atoms with Gasteiger partial charge in [0.15, 0.2) is 0 Å². The Morgan fingerprint density at radius 1 is 0.652 bits per heavy atom. The topological polar surface area (TPSA) is 54.4 Å². The molecule has 0 saturated carbocycles. The summed E-state index contributed by atoms with van der Waals surface area (Å²) in [6.07, 6.45) is 22.8. The summed E-state index contributed by atoms with van der Waals surface area (Å²) in [5.41, 5.74) is 0. The highest BCUT2D eigenvalue weighted by molar-refractivity contribution is 7.85. The second-order valence-electron chi connectivity index (χ2n) is 6.58. The van der Waals surface area contributed by atoms with Gasteiger partial charge < -0.3 is 0 Å². The lowest BCUT2D eigenvalue weighted by molar-refractivity contribution is 0.478. The second kappa shape index (κ2) is 16.5. The van der Waals surface area contributed by atoms with Crippen LogP contribution in [0, 0.1) is 0 Å². The van der Waals surface area contributed by atoms with Gasteiger partial charge in [0.25, 0.3) is 10.1 Å². The number of hydrogen-bond donors (Lipinski definition) is 1. The van der Waals surface area contributed by atoms with Crippen molar-refractivity contribution in [3.05, 3.63) is 12.2 Å². The molecule has 1 N–H and O–H groups in total. The van der Waals surface area contributed by atoms with Crippen LogP contribution in [0.3, 0.4) is 0 Å². The van der Waals surface area contributed by atoms with Crippen molar-refractivity contribution in [2.24, 2.45) is 0 Å². The molecular weight excluding hydrogens is 308 g/mol. The van der Waals surface area contributed by atoms with Gasteiger partial charge >= 0.3 is 0 Å². The van der Waals surface area contributed by atoms with E-state index in [0.29, 0.717) is 6.42 Å². The van der Waals surface area contributed by atoms with Crippen molar-refractivity contribution in [2.75, 3.05) is 5.75 Å². The zero-order valence-corrected chi connectivity index (χ0v) is 16.0. The van der Waals surface area contributed by atoms with Crippen LogP contribution in [0.25, 0.3) is 0 Å². The van der Waals surface area contributed by atoms with Gasteiger partial charge in [-0.05, 0) is 32.1 Å². The average Bonchev–Trinajstić information content (AvgIpc) is 2.49. The zero-order chi connectivity index (χ0) is 17.2. The van der Waals surface area contributed by atoms with Crippen LogP contribution in [0.15, 0.2) is 12.2 Å². The number of rotatable bonds is 17. The largest absolute Gasteiger partial charge is 0.286 e. The molecule has 0 rings (SSSR count). The first-order chi connectivity index (χ1) is 11.1. The maximum atomic E-state index is 10.5. The molecule has 0 unspecified atom stereocenters. The molecule has 0 aliphatic rings. The normalized spacial score (nSPS) is 12.3. The number of hydrogen-bond acceptors (Lipinski definition) is 2. The van der Waals surface area contributed by atoms with Crippen LogP contribution in [-0.2, 0) is 10.1 Å². The summed E-state index contributed by atoms with van der Waals surface area (Å²) in [4.78, 5) is 0. The molecule has 0 aliphatic carbocycles. The van der Waals surface area contributed by atoms with Crippen molar-refractivity contribution < 1.29 is 13.0 Å². The lowest BCUT2D eigenvalue weighted by Crippen LogP contribution is -2.03. The molecule has 0 aromatic rings. The predicted molar refractivity (Wildman–Crippen MR) is 100 cm³/mol. The third-order valence-corrected chi connectivity index (χ3v) is 4.97. The molecule has 0 bridgehead atoms. The summed E-state index contributed by atoms with van der Waals surface area (Å²) in [5, 5.41) is 0. The molecule has 0 radical (unpaired) electrons. The molecule has 3 nitrogen and oxygen atoms in total.